The summed E-state index contributed by atoms with van der Waals surface area (Å²) in [6.07, 6.45) is 3.27. The maximum atomic E-state index is 6.39. The lowest BCUT2D eigenvalue weighted by Crippen LogP contribution is -2.45. The number of hydrogen-bond acceptors (Lipinski definition) is 5. The number of hydrogen-bond donors (Lipinski definition) is 2. The number of ether oxygens (including phenoxy) is 1. The van der Waals surface area contributed by atoms with E-state index in [1.54, 1.807) is 7.11 Å². The van der Waals surface area contributed by atoms with Gasteiger partial charge in [-0.25, -0.2) is 4.99 Å². The van der Waals surface area contributed by atoms with Crippen LogP contribution in [0.15, 0.2) is 23.2 Å². The van der Waals surface area contributed by atoms with E-state index < -0.39 is 0 Å². The zero-order valence-corrected chi connectivity index (χ0v) is 22.5. The molecule has 1 atom stereocenters. The number of likely N-dealkylation sites (N-methyl/N-ethyl adjacent to an activating group) is 1. The van der Waals surface area contributed by atoms with Gasteiger partial charge in [0.1, 0.15) is 18.1 Å². The van der Waals surface area contributed by atoms with Crippen molar-refractivity contribution in [3.8, 4) is 5.75 Å². The smallest absolute Gasteiger partial charge is 0.191 e. The molecule has 2 heterocycles. The molecule has 2 aromatic rings. The summed E-state index contributed by atoms with van der Waals surface area (Å²) in [7, 11) is 3.61. The molecule has 0 radical (unpaired) electrons. The topological polar surface area (TPSA) is 79.6 Å². The third kappa shape index (κ3) is 7.21. The molecule has 1 aliphatic heterocycles. The van der Waals surface area contributed by atoms with Gasteiger partial charge in [0.25, 0.3) is 0 Å². The second-order valence-electron chi connectivity index (χ2n) is 7.83. The van der Waals surface area contributed by atoms with E-state index in [-0.39, 0.29) is 24.0 Å². The van der Waals surface area contributed by atoms with E-state index in [2.05, 4.69) is 32.7 Å². The Hall–Kier alpha value is -1.59. The van der Waals surface area contributed by atoms with Gasteiger partial charge in [-0.15, -0.1) is 34.2 Å². The number of nitrogens with one attached hydrogen (secondary N) is 2. The number of aliphatic imine (C=N–C) groups is 1. The van der Waals surface area contributed by atoms with Gasteiger partial charge in [-0.1, -0.05) is 24.6 Å². The standard InChI is InChI=1S/C22H34ClN7O.HI/c1-5-30-12-6-7-18(30)14-25-22(26-15-21-28-27-16(2)29(21)3)24-11-10-17-8-9-19(31-4)13-20(17)23;/h8-9,13,18H,5-7,10-12,14-15H2,1-4H3,(H2,24,25,26);1H. The van der Waals surface area contributed by atoms with Crippen LogP contribution in [0.5, 0.6) is 5.75 Å². The van der Waals surface area contributed by atoms with Gasteiger partial charge in [0.2, 0.25) is 0 Å². The van der Waals surface area contributed by atoms with Crippen molar-refractivity contribution in [2.24, 2.45) is 12.0 Å². The Labute approximate surface area is 213 Å². The van der Waals surface area contributed by atoms with E-state index >= 15 is 0 Å². The normalized spacial score (nSPS) is 16.7. The van der Waals surface area contributed by atoms with Crippen LogP contribution in [0.3, 0.4) is 0 Å². The van der Waals surface area contributed by atoms with Crippen LogP contribution >= 0.6 is 35.6 Å². The van der Waals surface area contributed by atoms with E-state index in [1.807, 2.05) is 36.7 Å². The summed E-state index contributed by atoms with van der Waals surface area (Å²) >= 11 is 6.39. The van der Waals surface area contributed by atoms with Crippen LogP contribution in [0.4, 0.5) is 0 Å². The fourth-order valence-electron chi connectivity index (χ4n) is 3.84. The molecule has 1 saturated heterocycles. The minimum absolute atomic E-state index is 0. The number of halogens is 2. The van der Waals surface area contributed by atoms with Crippen LogP contribution in [0.25, 0.3) is 0 Å². The van der Waals surface area contributed by atoms with Gasteiger partial charge in [-0.3, -0.25) is 4.90 Å². The van der Waals surface area contributed by atoms with Crippen molar-refractivity contribution in [2.45, 2.75) is 45.7 Å². The molecule has 1 fully saturated rings. The van der Waals surface area contributed by atoms with E-state index in [9.17, 15) is 0 Å². The summed E-state index contributed by atoms with van der Waals surface area (Å²) in [5.74, 6) is 3.27. The van der Waals surface area contributed by atoms with Gasteiger partial charge in [-0.2, -0.15) is 0 Å². The molecule has 1 aromatic heterocycles. The Balaban J connectivity index is 0.00000363. The molecular weight excluding hydrogens is 541 g/mol. The van der Waals surface area contributed by atoms with Crippen LogP contribution in [-0.2, 0) is 20.0 Å². The Morgan fingerprint density at radius 1 is 1.31 bits per heavy atom. The minimum atomic E-state index is 0. The number of aryl methyl sites for hydroxylation is 1. The van der Waals surface area contributed by atoms with E-state index in [1.165, 1.54) is 19.4 Å². The third-order valence-corrected chi connectivity index (χ3v) is 6.27. The molecule has 8 nitrogen and oxygen atoms in total. The average Bonchev–Trinajstić information content (AvgIpc) is 3.37. The molecule has 1 unspecified atom stereocenters. The summed E-state index contributed by atoms with van der Waals surface area (Å²) in [5, 5.41) is 16.0. The summed E-state index contributed by atoms with van der Waals surface area (Å²) in [6.45, 7) is 8.49. The molecule has 178 valence electrons. The molecule has 2 N–H and O–H groups in total. The van der Waals surface area contributed by atoms with Gasteiger partial charge in [-0.05, 0) is 57.0 Å². The lowest BCUT2D eigenvalue weighted by molar-refractivity contribution is 0.267. The summed E-state index contributed by atoms with van der Waals surface area (Å²) < 4.78 is 7.20. The number of nitrogens with zero attached hydrogens (tertiary/aromatic N) is 5. The van der Waals surface area contributed by atoms with E-state index in [0.717, 1.165) is 55.0 Å². The van der Waals surface area contributed by atoms with Crippen molar-refractivity contribution in [3.05, 3.63) is 40.4 Å². The number of methoxy groups -OCH3 is 1. The molecule has 0 bridgehead atoms. The zero-order chi connectivity index (χ0) is 22.2. The molecule has 0 spiro atoms. The van der Waals surface area contributed by atoms with E-state index in [0.29, 0.717) is 17.6 Å². The quantitative estimate of drug-likeness (QED) is 0.272. The predicted octanol–water partition coefficient (Wildman–Crippen LogP) is 3.17. The van der Waals surface area contributed by atoms with Crippen molar-refractivity contribution in [1.29, 1.82) is 0 Å². The lowest BCUT2D eigenvalue weighted by Gasteiger charge is -2.24. The molecule has 1 aromatic carbocycles. The Morgan fingerprint density at radius 3 is 2.78 bits per heavy atom. The number of aromatic nitrogens is 3. The maximum absolute atomic E-state index is 6.39. The second-order valence-corrected chi connectivity index (χ2v) is 8.23. The first-order valence-corrected chi connectivity index (χ1v) is 11.3. The van der Waals surface area contributed by atoms with Crippen molar-refractivity contribution >= 4 is 41.5 Å². The Kier molecular flexibility index (Phi) is 11.0. The summed E-state index contributed by atoms with van der Waals surface area (Å²) in [4.78, 5) is 7.28. The molecule has 0 amide bonds. The Morgan fingerprint density at radius 2 is 2.12 bits per heavy atom. The van der Waals surface area contributed by atoms with Crippen LogP contribution in [0.2, 0.25) is 5.02 Å². The fourth-order valence-corrected chi connectivity index (χ4v) is 4.11. The maximum Gasteiger partial charge on any atom is 0.191 e. The van der Waals surface area contributed by atoms with Crippen LogP contribution in [-0.4, -0.2) is 65.0 Å². The van der Waals surface area contributed by atoms with Crippen LogP contribution < -0.4 is 15.4 Å². The fraction of sp³-hybridized carbons (Fsp3) is 0.591. The molecule has 1 aliphatic rings. The molecule has 3 rings (SSSR count). The highest BCUT2D eigenvalue weighted by Gasteiger charge is 2.22. The minimum Gasteiger partial charge on any atom is -0.497 e. The first-order chi connectivity index (χ1) is 15.0. The second kappa shape index (κ2) is 13.2. The summed E-state index contributed by atoms with van der Waals surface area (Å²) in [6, 6.07) is 6.34. The van der Waals surface area contributed by atoms with Crippen molar-refractivity contribution < 1.29 is 4.74 Å². The molecule has 32 heavy (non-hydrogen) atoms. The van der Waals surface area contributed by atoms with Crippen molar-refractivity contribution in [3.63, 3.8) is 0 Å². The summed E-state index contributed by atoms with van der Waals surface area (Å²) in [5.41, 5.74) is 1.08. The van der Waals surface area contributed by atoms with Gasteiger partial charge < -0.3 is 19.9 Å². The highest BCUT2D eigenvalue weighted by molar-refractivity contribution is 14.0. The van der Waals surface area contributed by atoms with Crippen molar-refractivity contribution in [1.82, 2.24) is 30.3 Å². The average molecular weight is 576 g/mol. The van der Waals surface area contributed by atoms with Crippen LogP contribution in [0.1, 0.15) is 37.0 Å². The third-order valence-electron chi connectivity index (χ3n) is 5.92. The Bertz CT molecular complexity index is 889. The number of benzene rings is 1. The number of guanidine groups is 1. The molecule has 0 saturated carbocycles. The largest absolute Gasteiger partial charge is 0.497 e. The highest BCUT2D eigenvalue weighted by Crippen LogP contribution is 2.22. The van der Waals surface area contributed by atoms with E-state index in [4.69, 9.17) is 21.3 Å². The molecular formula is C22H35ClIN7O. The zero-order valence-electron chi connectivity index (χ0n) is 19.4. The monoisotopic (exact) mass is 575 g/mol. The van der Waals surface area contributed by atoms with Crippen molar-refractivity contribution in [2.75, 3.05) is 33.3 Å². The molecule has 10 heteroatoms. The molecule has 0 aliphatic carbocycles. The van der Waals surface area contributed by atoms with Crippen LogP contribution in [0, 0.1) is 6.92 Å². The van der Waals surface area contributed by atoms with Gasteiger partial charge in [0.15, 0.2) is 11.8 Å². The first-order valence-electron chi connectivity index (χ1n) is 10.9. The SMILES string of the molecule is CCN1CCCC1CNC(=NCc1nnc(C)n1C)NCCc1ccc(OC)cc1Cl.I. The number of rotatable bonds is 9. The van der Waals surface area contributed by atoms with Gasteiger partial charge in [0, 0.05) is 31.2 Å². The predicted molar refractivity (Wildman–Crippen MR) is 140 cm³/mol. The number of likely N-dealkylation sites (tertiary alicyclic amines) is 1. The lowest BCUT2D eigenvalue weighted by atomic mass is 10.1. The van der Waals surface area contributed by atoms with Gasteiger partial charge >= 0.3 is 0 Å². The van der Waals surface area contributed by atoms with Gasteiger partial charge in [0.05, 0.1) is 7.11 Å². The first kappa shape index (κ1) is 26.7. The highest BCUT2D eigenvalue weighted by atomic mass is 127.